The summed E-state index contributed by atoms with van der Waals surface area (Å²) in [4.78, 5) is 16.6. The monoisotopic (exact) mass is 367 g/mol. The van der Waals surface area contributed by atoms with Gasteiger partial charge in [-0.05, 0) is 36.6 Å². The van der Waals surface area contributed by atoms with Gasteiger partial charge >= 0.3 is 0 Å². The summed E-state index contributed by atoms with van der Waals surface area (Å²) in [5.74, 6) is 1.25. The Bertz CT molecular complexity index is 878. The third kappa shape index (κ3) is 4.67. The molecule has 1 heterocycles. The summed E-state index contributed by atoms with van der Waals surface area (Å²) >= 11 is 1.22. The molecule has 134 valence electrons. The van der Waals surface area contributed by atoms with E-state index in [1.54, 1.807) is 12.1 Å². The van der Waals surface area contributed by atoms with Crippen molar-refractivity contribution in [1.82, 2.24) is 14.7 Å². The maximum absolute atomic E-state index is 12.1. The maximum atomic E-state index is 12.1. The quantitative estimate of drug-likeness (QED) is 0.673. The van der Waals surface area contributed by atoms with E-state index in [0.717, 1.165) is 23.4 Å². The average molecular weight is 367 g/mol. The van der Waals surface area contributed by atoms with E-state index in [9.17, 15) is 4.79 Å². The first-order valence-electron chi connectivity index (χ1n) is 8.59. The number of amides is 1. The van der Waals surface area contributed by atoms with Crippen molar-refractivity contribution in [3.8, 4) is 10.9 Å². The zero-order chi connectivity index (χ0) is 18.4. The highest BCUT2D eigenvalue weighted by Gasteiger charge is 2.12. The average Bonchev–Trinajstić information content (AvgIpc) is 3.09. The molecular formula is C20H21N3O2S. The molecule has 0 spiro atoms. The Hall–Kier alpha value is -2.73. The van der Waals surface area contributed by atoms with Crippen LogP contribution in [0.15, 0.2) is 48.5 Å². The van der Waals surface area contributed by atoms with Gasteiger partial charge in [0.2, 0.25) is 0 Å². The summed E-state index contributed by atoms with van der Waals surface area (Å²) in [5.41, 5.74) is 2.67. The lowest BCUT2D eigenvalue weighted by Crippen LogP contribution is -2.23. The number of benzene rings is 2. The van der Waals surface area contributed by atoms with Crippen LogP contribution in [-0.4, -0.2) is 21.8 Å². The molecule has 0 atom stereocenters. The van der Waals surface area contributed by atoms with Crippen LogP contribution in [0.4, 0.5) is 0 Å². The number of aromatic nitrogens is 2. The molecule has 2 aromatic carbocycles. The van der Waals surface area contributed by atoms with E-state index in [2.05, 4.69) is 14.7 Å². The number of hydrogen-bond acceptors (Lipinski definition) is 5. The Morgan fingerprint density at radius 3 is 2.77 bits per heavy atom. The Labute approximate surface area is 157 Å². The SMILES string of the molecule is CCCNC(=O)c1ccc(C)c(Oc2nc(Cc3ccccc3)ns2)c1. The van der Waals surface area contributed by atoms with E-state index in [0.29, 0.717) is 29.5 Å². The highest BCUT2D eigenvalue weighted by molar-refractivity contribution is 7.07. The van der Waals surface area contributed by atoms with Crippen molar-refractivity contribution < 1.29 is 9.53 Å². The lowest BCUT2D eigenvalue weighted by atomic mass is 10.1. The van der Waals surface area contributed by atoms with Gasteiger partial charge in [-0.2, -0.15) is 9.36 Å². The molecule has 0 unspecified atom stereocenters. The minimum Gasteiger partial charge on any atom is -0.430 e. The molecule has 0 saturated carbocycles. The molecule has 0 bridgehead atoms. The molecule has 0 radical (unpaired) electrons. The van der Waals surface area contributed by atoms with Crippen LogP contribution in [0.5, 0.6) is 10.9 Å². The number of carbonyl (C=O) groups excluding carboxylic acids is 1. The van der Waals surface area contributed by atoms with Crippen LogP contribution in [0.3, 0.4) is 0 Å². The molecule has 0 aliphatic carbocycles. The molecule has 0 aliphatic heterocycles. The summed E-state index contributed by atoms with van der Waals surface area (Å²) in [6, 6.07) is 15.5. The summed E-state index contributed by atoms with van der Waals surface area (Å²) in [7, 11) is 0. The Balaban J connectivity index is 1.71. The van der Waals surface area contributed by atoms with Crippen LogP contribution in [0, 0.1) is 6.92 Å². The number of aryl methyl sites for hydroxylation is 1. The van der Waals surface area contributed by atoms with E-state index < -0.39 is 0 Å². The predicted molar refractivity (Wildman–Crippen MR) is 103 cm³/mol. The summed E-state index contributed by atoms with van der Waals surface area (Å²) in [6.07, 6.45) is 1.56. The topological polar surface area (TPSA) is 64.1 Å². The molecule has 0 fully saturated rings. The second kappa shape index (κ2) is 8.58. The van der Waals surface area contributed by atoms with E-state index in [1.807, 2.05) is 50.2 Å². The van der Waals surface area contributed by atoms with Crippen molar-refractivity contribution in [2.75, 3.05) is 6.54 Å². The van der Waals surface area contributed by atoms with E-state index >= 15 is 0 Å². The molecule has 26 heavy (non-hydrogen) atoms. The van der Waals surface area contributed by atoms with Gasteiger partial charge < -0.3 is 10.1 Å². The zero-order valence-electron chi connectivity index (χ0n) is 14.9. The molecule has 3 aromatic rings. The maximum Gasteiger partial charge on any atom is 0.298 e. The van der Waals surface area contributed by atoms with E-state index in [1.165, 1.54) is 11.5 Å². The highest BCUT2D eigenvalue weighted by atomic mass is 32.1. The van der Waals surface area contributed by atoms with Crippen LogP contribution in [-0.2, 0) is 6.42 Å². The number of carbonyl (C=O) groups is 1. The molecule has 1 N–H and O–H groups in total. The molecule has 0 saturated heterocycles. The van der Waals surface area contributed by atoms with Gasteiger partial charge in [-0.15, -0.1) is 0 Å². The molecule has 6 heteroatoms. The van der Waals surface area contributed by atoms with Crippen molar-refractivity contribution in [3.63, 3.8) is 0 Å². The van der Waals surface area contributed by atoms with Crippen molar-refractivity contribution in [1.29, 1.82) is 0 Å². The molecule has 5 nitrogen and oxygen atoms in total. The smallest absolute Gasteiger partial charge is 0.298 e. The molecule has 1 amide bonds. The van der Waals surface area contributed by atoms with Gasteiger partial charge in [0, 0.05) is 30.1 Å². The summed E-state index contributed by atoms with van der Waals surface area (Å²) in [5, 5.41) is 3.35. The first-order valence-corrected chi connectivity index (χ1v) is 9.36. The second-order valence-corrected chi connectivity index (χ2v) is 6.69. The fraction of sp³-hybridized carbons (Fsp3) is 0.250. The van der Waals surface area contributed by atoms with Gasteiger partial charge in [-0.3, -0.25) is 4.79 Å². The van der Waals surface area contributed by atoms with Crippen molar-refractivity contribution >= 4 is 17.4 Å². The van der Waals surface area contributed by atoms with Gasteiger partial charge in [-0.1, -0.05) is 43.3 Å². The minimum atomic E-state index is -0.0984. The van der Waals surface area contributed by atoms with Crippen LogP contribution in [0.25, 0.3) is 0 Å². The molecular weight excluding hydrogens is 346 g/mol. The first-order chi connectivity index (χ1) is 12.7. The third-order valence-electron chi connectivity index (χ3n) is 3.84. The largest absolute Gasteiger partial charge is 0.430 e. The van der Waals surface area contributed by atoms with Gasteiger partial charge in [0.15, 0.2) is 5.82 Å². The highest BCUT2D eigenvalue weighted by Crippen LogP contribution is 2.27. The van der Waals surface area contributed by atoms with Gasteiger partial charge in [0.1, 0.15) is 5.75 Å². The Morgan fingerprint density at radius 2 is 2.00 bits per heavy atom. The predicted octanol–water partition coefficient (Wildman–Crippen LogP) is 4.37. The van der Waals surface area contributed by atoms with Crippen molar-refractivity contribution in [2.45, 2.75) is 26.7 Å². The molecule has 1 aromatic heterocycles. The normalized spacial score (nSPS) is 10.5. The van der Waals surface area contributed by atoms with Gasteiger partial charge in [0.05, 0.1) is 0 Å². The molecule has 3 rings (SSSR count). The van der Waals surface area contributed by atoms with E-state index in [4.69, 9.17) is 4.74 Å². The van der Waals surface area contributed by atoms with Crippen LogP contribution in [0.2, 0.25) is 0 Å². The second-order valence-electron chi connectivity index (χ2n) is 5.98. The van der Waals surface area contributed by atoms with Gasteiger partial charge in [0.25, 0.3) is 11.1 Å². The fourth-order valence-electron chi connectivity index (χ4n) is 2.42. The number of nitrogens with zero attached hydrogens (tertiary/aromatic N) is 2. The lowest BCUT2D eigenvalue weighted by molar-refractivity contribution is 0.0953. The van der Waals surface area contributed by atoms with E-state index in [-0.39, 0.29) is 5.91 Å². The van der Waals surface area contributed by atoms with Crippen LogP contribution < -0.4 is 10.1 Å². The fourth-order valence-corrected chi connectivity index (χ4v) is 2.98. The van der Waals surface area contributed by atoms with Crippen molar-refractivity contribution in [3.05, 3.63) is 71.0 Å². The third-order valence-corrected chi connectivity index (χ3v) is 4.47. The standard InChI is InChI=1S/C20H21N3O2S/c1-3-11-21-19(24)16-10-9-14(2)17(13-16)25-20-22-18(23-26-20)12-15-7-5-4-6-8-15/h4-10,13H,3,11-12H2,1-2H3,(H,21,24). The summed E-state index contributed by atoms with van der Waals surface area (Å²) in [6.45, 7) is 4.61. The number of rotatable bonds is 7. The van der Waals surface area contributed by atoms with Crippen LogP contribution >= 0.6 is 11.5 Å². The minimum absolute atomic E-state index is 0.0984. The lowest BCUT2D eigenvalue weighted by Gasteiger charge is -2.08. The first kappa shape index (κ1) is 18.1. The van der Waals surface area contributed by atoms with Gasteiger partial charge in [-0.25, -0.2) is 0 Å². The zero-order valence-corrected chi connectivity index (χ0v) is 15.7. The van der Waals surface area contributed by atoms with Crippen molar-refractivity contribution in [2.24, 2.45) is 0 Å². The number of nitrogens with one attached hydrogen (secondary N) is 1. The summed E-state index contributed by atoms with van der Waals surface area (Å²) < 4.78 is 10.2. The molecule has 0 aliphatic rings. The number of hydrogen-bond donors (Lipinski definition) is 1. The number of ether oxygens (including phenoxy) is 1. The Morgan fingerprint density at radius 1 is 1.19 bits per heavy atom. The van der Waals surface area contributed by atoms with Crippen LogP contribution in [0.1, 0.15) is 40.7 Å². The Kier molecular flexibility index (Phi) is 5.96.